The number of nitrogens with one attached hydrogen (secondary N) is 2. The zero-order valence-corrected chi connectivity index (χ0v) is 15.9. The van der Waals surface area contributed by atoms with E-state index in [9.17, 15) is 9.59 Å². The lowest BCUT2D eigenvalue weighted by Gasteiger charge is -2.16. The molecule has 0 spiro atoms. The fourth-order valence-electron chi connectivity index (χ4n) is 2.61. The molecule has 1 saturated heterocycles. The number of halogens is 1. The van der Waals surface area contributed by atoms with Crippen LogP contribution in [0.5, 0.6) is 0 Å². The molecular weight excluding hydrogens is 372 g/mol. The minimum atomic E-state index is -0.357. The minimum Gasteiger partial charge on any atom is -0.336 e. The number of thioether (sulfide) groups is 1. The van der Waals surface area contributed by atoms with E-state index in [1.165, 1.54) is 0 Å². The summed E-state index contributed by atoms with van der Waals surface area (Å²) in [5, 5.41) is 5.84. The van der Waals surface area contributed by atoms with Crippen molar-refractivity contribution < 1.29 is 9.59 Å². The molecule has 26 heavy (non-hydrogen) atoms. The maximum Gasteiger partial charge on any atom is 0.321 e. The third-order valence-electron chi connectivity index (χ3n) is 3.90. The molecule has 2 N–H and O–H groups in total. The van der Waals surface area contributed by atoms with Gasteiger partial charge in [0.05, 0.1) is 10.6 Å². The number of anilines is 2. The van der Waals surface area contributed by atoms with Gasteiger partial charge >= 0.3 is 6.03 Å². The lowest BCUT2D eigenvalue weighted by Crippen LogP contribution is -2.28. The lowest BCUT2D eigenvalue weighted by atomic mass is 10.1. The molecule has 0 radical (unpaired) electrons. The summed E-state index contributed by atoms with van der Waals surface area (Å²) in [6.07, 6.45) is 1.67. The van der Waals surface area contributed by atoms with Gasteiger partial charge in [-0.05, 0) is 41.6 Å². The normalized spacial score (nSPS) is 13.6. The number of pyridine rings is 1. The Balaban J connectivity index is 1.78. The van der Waals surface area contributed by atoms with Crippen molar-refractivity contribution in [2.75, 3.05) is 29.1 Å². The van der Waals surface area contributed by atoms with Gasteiger partial charge in [0.15, 0.2) is 0 Å². The van der Waals surface area contributed by atoms with Crippen LogP contribution in [0.25, 0.3) is 0 Å². The molecule has 6 nitrogen and oxygen atoms in total. The average molecular weight is 391 g/mol. The first-order valence-corrected chi connectivity index (χ1v) is 9.80. The van der Waals surface area contributed by atoms with Gasteiger partial charge in [-0.2, -0.15) is 11.8 Å². The SMILES string of the molecule is CCSCc1ccnc(NC(=O)c2cc(N3CCNC3=O)ccc2Cl)c1. The number of hydrogen-bond donors (Lipinski definition) is 2. The second kappa shape index (κ2) is 8.42. The number of amides is 3. The van der Waals surface area contributed by atoms with Crippen molar-refractivity contribution in [1.29, 1.82) is 0 Å². The monoisotopic (exact) mass is 390 g/mol. The number of aromatic nitrogens is 1. The summed E-state index contributed by atoms with van der Waals surface area (Å²) >= 11 is 8.00. The number of carbonyl (C=O) groups is 2. The Morgan fingerprint density at radius 2 is 2.23 bits per heavy atom. The number of urea groups is 1. The van der Waals surface area contributed by atoms with E-state index in [1.54, 1.807) is 41.1 Å². The molecule has 0 aliphatic carbocycles. The first-order chi connectivity index (χ1) is 12.6. The fraction of sp³-hybridized carbons (Fsp3) is 0.278. The number of carbonyl (C=O) groups excluding carboxylic acids is 2. The van der Waals surface area contributed by atoms with E-state index in [-0.39, 0.29) is 11.9 Å². The molecule has 136 valence electrons. The van der Waals surface area contributed by atoms with Gasteiger partial charge in [0.1, 0.15) is 5.82 Å². The van der Waals surface area contributed by atoms with Crippen molar-refractivity contribution in [2.24, 2.45) is 0 Å². The summed E-state index contributed by atoms with van der Waals surface area (Å²) in [4.78, 5) is 30.2. The third-order valence-corrected chi connectivity index (χ3v) is 5.18. The van der Waals surface area contributed by atoms with Crippen LogP contribution in [0, 0.1) is 0 Å². The number of hydrogen-bond acceptors (Lipinski definition) is 4. The van der Waals surface area contributed by atoms with Gasteiger partial charge in [0.25, 0.3) is 5.91 Å². The molecule has 0 bridgehead atoms. The topological polar surface area (TPSA) is 74.3 Å². The van der Waals surface area contributed by atoms with Gasteiger partial charge in [0, 0.05) is 30.7 Å². The molecule has 0 unspecified atom stereocenters. The van der Waals surface area contributed by atoms with Gasteiger partial charge in [-0.25, -0.2) is 9.78 Å². The van der Waals surface area contributed by atoms with Crippen molar-refractivity contribution >= 4 is 46.8 Å². The van der Waals surface area contributed by atoms with E-state index in [0.29, 0.717) is 35.2 Å². The van der Waals surface area contributed by atoms with E-state index < -0.39 is 0 Å². The van der Waals surface area contributed by atoms with Crippen molar-refractivity contribution in [2.45, 2.75) is 12.7 Å². The van der Waals surface area contributed by atoms with Gasteiger partial charge < -0.3 is 10.6 Å². The predicted molar refractivity (Wildman–Crippen MR) is 106 cm³/mol. The summed E-state index contributed by atoms with van der Waals surface area (Å²) in [5.74, 6) is 2.01. The van der Waals surface area contributed by atoms with Crippen LogP contribution in [0.4, 0.5) is 16.3 Å². The van der Waals surface area contributed by atoms with E-state index in [2.05, 4.69) is 22.5 Å². The largest absolute Gasteiger partial charge is 0.336 e. The van der Waals surface area contributed by atoms with Crippen molar-refractivity contribution in [3.05, 3.63) is 52.7 Å². The Morgan fingerprint density at radius 1 is 1.38 bits per heavy atom. The van der Waals surface area contributed by atoms with Crippen LogP contribution >= 0.6 is 23.4 Å². The second-order valence-corrected chi connectivity index (χ2v) is 7.37. The van der Waals surface area contributed by atoms with Crippen LogP contribution in [0.2, 0.25) is 5.02 Å². The van der Waals surface area contributed by atoms with Crippen LogP contribution < -0.4 is 15.5 Å². The molecule has 3 rings (SSSR count). The van der Waals surface area contributed by atoms with E-state index in [4.69, 9.17) is 11.6 Å². The van der Waals surface area contributed by atoms with Crippen molar-refractivity contribution in [3.63, 3.8) is 0 Å². The van der Waals surface area contributed by atoms with Crippen LogP contribution in [0.1, 0.15) is 22.8 Å². The molecule has 2 heterocycles. The van der Waals surface area contributed by atoms with Gasteiger partial charge in [-0.1, -0.05) is 18.5 Å². The van der Waals surface area contributed by atoms with Crippen molar-refractivity contribution in [1.82, 2.24) is 10.3 Å². The molecule has 0 atom stereocenters. The highest BCUT2D eigenvalue weighted by molar-refractivity contribution is 7.98. The highest BCUT2D eigenvalue weighted by Crippen LogP contribution is 2.25. The quantitative estimate of drug-likeness (QED) is 0.787. The van der Waals surface area contributed by atoms with Crippen molar-refractivity contribution in [3.8, 4) is 0 Å². The first-order valence-electron chi connectivity index (χ1n) is 8.27. The van der Waals surface area contributed by atoms with E-state index >= 15 is 0 Å². The molecule has 8 heteroatoms. The standard InChI is InChI=1S/C18H19ClN4O2S/c1-2-26-11-12-5-6-20-16(9-12)22-17(24)14-10-13(3-4-15(14)19)23-8-7-21-18(23)25/h3-6,9-10H,2,7-8,11H2,1H3,(H,21,25)(H,20,22,24). The first kappa shape index (κ1) is 18.5. The average Bonchev–Trinajstić information content (AvgIpc) is 3.06. The van der Waals surface area contributed by atoms with Crippen LogP contribution in [0.3, 0.4) is 0 Å². The number of rotatable bonds is 6. The molecule has 1 aliphatic heterocycles. The zero-order chi connectivity index (χ0) is 18.5. The highest BCUT2D eigenvalue weighted by Gasteiger charge is 2.23. The van der Waals surface area contributed by atoms with E-state index in [1.807, 2.05) is 12.1 Å². The highest BCUT2D eigenvalue weighted by atomic mass is 35.5. The Morgan fingerprint density at radius 3 is 2.96 bits per heavy atom. The molecule has 0 saturated carbocycles. The Labute approximate surface area is 161 Å². The molecule has 1 aromatic heterocycles. The van der Waals surface area contributed by atoms with Crippen LogP contribution in [0.15, 0.2) is 36.5 Å². The minimum absolute atomic E-state index is 0.179. The zero-order valence-electron chi connectivity index (χ0n) is 14.3. The summed E-state index contributed by atoms with van der Waals surface area (Å²) in [5.41, 5.74) is 2.03. The van der Waals surface area contributed by atoms with Gasteiger partial charge in [-0.3, -0.25) is 9.69 Å². The van der Waals surface area contributed by atoms with Gasteiger partial charge in [-0.15, -0.1) is 0 Å². The fourth-order valence-corrected chi connectivity index (χ4v) is 3.43. The Kier molecular flexibility index (Phi) is 6.00. The second-order valence-electron chi connectivity index (χ2n) is 5.69. The van der Waals surface area contributed by atoms with Crippen LogP contribution in [-0.2, 0) is 5.75 Å². The third kappa shape index (κ3) is 4.28. The predicted octanol–water partition coefficient (Wildman–Crippen LogP) is 3.77. The molecule has 1 aromatic carbocycles. The van der Waals surface area contributed by atoms with Gasteiger partial charge in [0.2, 0.25) is 0 Å². The van der Waals surface area contributed by atoms with Crippen LogP contribution in [-0.4, -0.2) is 35.8 Å². The molecule has 2 aromatic rings. The summed E-state index contributed by atoms with van der Waals surface area (Å²) < 4.78 is 0. The molecule has 3 amide bonds. The Bertz CT molecular complexity index is 831. The summed E-state index contributed by atoms with van der Waals surface area (Å²) in [6.45, 7) is 3.24. The summed E-state index contributed by atoms with van der Waals surface area (Å²) in [6, 6.07) is 8.58. The molecule has 1 aliphatic rings. The Hall–Kier alpha value is -2.25. The number of benzene rings is 1. The lowest BCUT2D eigenvalue weighted by molar-refractivity contribution is 0.102. The molecular formula is C18H19ClN4O2S. The number of nitrogens with zero attached hydrogens (tertiary/aromatic N) is 2. The van der Waals surface area contributed by atoms with E-state index in [0.717, 1.165) is 17.1 Å². The summed E-state index contributed by atoms with van der Waals surface area (Å²) in [7, 11) is 0. The smallest absolute Gasteiger partial charge is 0.321 e. The maximum atomic E-state index is 12.6. The maximum absolute atomic E-state index is 12.6. The molecule has 1 fully saturated rings.